The van der Waals surface area contributed by atoms with Crippen LogP contribution in [0.2, 0.25) is 0 Å². The molecule has 16 heavy (non-hydrogen) atoms. The normalized spacial score (nSPS) is 39.6. The lowest BCUT2D eigenvalue weighted by Crippen LogP contribution is -2.21. The molecule has 0 amide bonds. The Balaban J connectivity index is 0.000000160. The summed E-state index contributed by atoms with van der Waals surface area (Å²) in [4.78, 5) is 0. The SMILES string of the molecule is C[C@H]1CCO[S@@](=O)O1.C[C@H]1CCO[S@@](=O)O1. The van der Waals surface area contributed by atoms with Crippen molar-refractivity contribution in [2.75, 3.05) is 13.2 Å². The van der Waals surface area contributed by atoms with Crippen LogP contribution >= 0.6 is 0 Å². The summed E-state index contributed by atoms with van der Waals surface area (Å²) in [6, 6.07) is 0. The number of rotatable bonds is 0. The zero-order chi connectivity index (χ0) is 12.0. The van der Waals surface area contributed by atoms with Gasteiger partial charge < -0.3 is 0 Å². The van der Waals surface area contributed by atoms with Gasteiger partial charge in [-0.2, -0.15) is 8.42 Å². The van der Waals surface area contributed by atoms with Crippen LogP contribution in [0.3, 0.4) is 0 Å². The third-order valence-corrected chi connectivity index (χ3v) is 3.58. The molecule has 2 fully saturated rings. The molecule has 0 aromatic rings. The minimum absolute atomic E-state index is 0.0876. The average Bonchev–Trinajstić information content (AvgIpc) is 2.17. The van der Waals surface area contributed by atoms with Crippen LogP contribution in [0, 0.1) is 0 Å². The van der Waals surface area contributed by atoms with Crippen molar-refractivity contribution in [1.82, 2.24) is 0 Å². The van der Waals surface area contributed by atoms with Gasteiger partial charge in [-0.05, 0) is 26.7 Å². The van der Waals surface area contributed by atoms with Gasteiger partial charge in [0.15, 0.2) is 0 Å². The minimum atomic E-state index is -1.47. The molecule has 2 aliphatic heterocycles. The predicted molar refractivity (Wildman–Crippen MR) is 58.5 cm³/mol. The molecule has 0 saturated carbocycles. The van der Waals surface area contributed by atoms with Crippen molar-refractivity contribution in [3.8, 4) is 0 Å². The van der Waals surface area contributed by atoms with Gasteiger partial charge in [0, 0.05) is 0 Å². The van der Waals surface area contributed by atoms with Gasteiger partial charge in [0.2, 0.25) is 0 Å². The van der Waals surface area contributed by atoms with Crippen LogP contribution in [0.15, 0.2) is 0 Å². The highest BCUT2D eigenvalue weighted by Gasteiger charge is 2.15. The van der Waals surface area contributed by atoms with E-state index in [1.54, 1.807) is 0 Å². The Morgan fingerprint density at radius 3 is 1.44 bits per heavy atom. The maximum atomic E-state index is 10.3. The topological polar surface area (TPSA) is 71.1 Å². The smallest absolute Gasteiger partial charge is 0.268 e. The maximum Gasteiger partial charge on any atom is 0.304 e. The number of hydrogen-bond acceptors (Lipinski definition) is 6. The van der Waals surface area contributed by atoms with Crippen molar-refractivity contribution in [3.05, 3.63) is 0 Å². The first-order valence-corrected chi connectivity index (χ1v) is 7.02. The van der Waals surface area contributed by atoms with Crippen LogP contribution in [0.5, 0.6) is 0 Å². The van der Waals surface area contributed by atoms with E-state index in [9.17, 15) is 8.42 Å². The van der Waals surface area contributed by atoms with Gasteiger partial charge in [-0.15, -0.1) is 0 Å². The van der Waals surface area contributed by atoms with Crippen LogP contribution in [-0.4, -0.2) is 33.8 Å². The molecule has 0 aromatic carbocycles. The summed E-state index contributed by atoms with van der Waals surface area (Å²) in [6.45, 7) is 4.85. The average molecular weight is 272 g/mol. The van der Waals surface area contributed by atoms with Crippen molar-refractivity contribution >= 4 is 22.7 Å². The van der Waals surface area contributed by atoms with Gasteiger partial charge in [0.25, 0.3) is 0 Å². The van der Waals surface area contributed by atoms with Crippen LogP contribution in [0.1, 0.15) is 26.7 Å². The molecule has 0 bridgehead atoms. The summed E-state index contributed by atoms with van der Waals surface area (Å²) in [5.74, 6) is 0. The standard InChI is InChI=1S/2C4H8O3S/c2*1-4-2-3-6-8(5)7-4/h2*4H,2-3H2,1H3/t2*4-,8+/m00/s1. The molecule has 4 atom stereocenters. The Morgan fingerprint density at radius 1 is 0.875 bits per heavy atom. The van der Waals surface area contributed by atoms with Gasteiger partial charge in [0.1, 0.15) is 0 Å². The second-order valence-corrected chi connectivity index (χ2v) is 5.12. The monoisotopic (exact) mass is 272 g/mol. The summed E-state index contributed by atoms with van der Waals surface area (Å²) < 4.78 is 39.3. The molecule has 0 aromatic heterocycles. The van der Waals surface area contributed by atoms with E-state index in [0.29, 0.717) is 13.2 Å². The molecule has 2 aliphatic rings. The Kier molecular flexibility index (Phi) is 6.62. The lowest BCUT2D eigenvalue weighted by Gasteiger charge is -2.15. The van der Waals surface area contributed by atoms with E-state index in [-0.39, 0.29) is 12.2 Å². The zero-order valence-corrected chi connectivity index (χ0v) is 10.9. The van der Waals surface area contributed by atoms with E-state index in [0.717, 1.165) is 12.8 Å². The molecule has 0 N–H and O–H groups in total. The van der Waals surface area contributed by atoms with E-state index < -0.39 is 22.7 Å². The van der Waals surface area contributed by atoms with Crippen LogP contribution < -0.4 is 0 Å². The Hall–Kier alpha value is 0.140. The highest BCUT2D eigenvalue weighted by atomic mass is 32.2. The maximum absolute atomic E-state index is 10.3. The van der Waals surface area contributed by atoms with Crippen molar-refractivity contribution in [2.45, 2.75) is 38.9 Å². The first kappa shape index (κ1) is 14.2. The van der Waals surface area contributed by atoms with Gasteiger partial charge in [-0.3, -0.25) is 16.7 Å². The van der Waals surface area contributed by atoms with E-state index in [2.05, 4.69) is 8.37 Å². The van der Waals surface area contributed by atoms with E-state index in [1.165, 1.54) is 0 Å². The van der Waals surface area contributed by atoms with Crippen molar-refractivity contribution in [1.29, 1.82) is 0 Å². The molecule has 2 heterocycles. The van der Waals surface area contributed by atoms with Crippen molar-refractivity contribution in [3.63, 3.8) is 0 Å². The second kappa shape index (κ2) is 7.46. The van der Waals surface area contributed by atoms with Crippen LogP contribution in [0.25, 0.3) is 0 Å². The molecule has 2 saturated heterocycles. The first-order chi connectivity index (χ1) is 7.58. The first-order valence-electron chi connectivity index (χ1n) is 5.02. The molecule has 0 aliphatic carbocycles. The fourth-order valence-electron chi connectivity index (χ4n) is 0.984. The van der Waals surface area contributed by atoms with Crippen molar-refractivity contribution in [2.24, 2.45) is 0 Å². The second-order valence-electron chi connectivity index (χ2n) is 3.44. The van der Waals surface area contributed by atoms with Gasteiger partial charge in [-0.25, -0.2) is 0 Å². The molecular weight excluding hydrogens is 256 g/mol. The Morgan fingerprint density at radius 2 is 1.25 bits per heavy atom. The van der Waals surface area contributed by atoms with Gasteiger partial charge >= 0.3 is 22.7 Å². The van der Waals surface area contributed by atoms with E-state index in [4.69, 9.17) is 8.37 Å². The highest BCUT2D eigenvalue weighted by molar-refractivity contribution is 7.75. The highest BCUT2D eigenvalue weighted by Crippen LogP contribution is 2.08. The molecule has 96 valence electrons. The zero-order valence-electron chi connectivity index (χ0n) is 9.25. The minimum Gasteiger partial charge on any atom is -0.268 e. The molecule has 0 spiro atoms. The predicted octanol–water partition coefficient (Wildman–Crippen LogP) is 0.781. The third-order valence-electron chi connectivity index (χ3n) is 1.89. The Labute approximate surface area is 100 Å². The molecule has 6 nitrogen and oxygen atoms in total. The fraction of sp³-hybridized carbons (Fsp3) is 1.00. The Bertz CT molecular complexity index is 233. The fourth-order valence-corrected chi connectivity index (χ4v) is 2.29. The van der Waals surface area contributed by atoms with Crippen LogP contribution in [0.4, 0.5) is 0 Å². The molecule has 8 heteroatoms. The molecule has 0 unspecified atom stereocenters. The van der Waals surface area contributed by atoms with Gasteiger partial charge in [-0.1, -0.05) is 0 Å². The molecule has 2 rings (SSSR count). The lowest BCUT2D eigenvalue weighted by molar-refractivity contribution is 0.124. The summed E-state index contributed by atoms with van der Waals surface area (Å²) >= 11 is -2.94. The van der Waals surface area contributed by atoms with Crippen LogP contribution in [-0.2, 0) is 39.5 Å². The van der Waals surface area contributed by atoms with Gasteiger partial charge in [0.05, 0.1) is 25.4 Å². The van der Waals surface area contributed by atoms with E-state index in [1.807, 2.05) is 13.8 Å². The summed E-state index contributed by atoms with van der Waals surface area (Å²) in [6.07, 6.45) is 1.85. The van der Waals surface area contributed by atoms with E-state index >= 15 is 0 Å². The third kappa shape index (κ3) is 6.02. The lowest BCUT2D eigenvalue weighted by atomic mass is 10.3. The number of hydrogen-bond donors (Lipinski definition) is 0. The quantitative estimate of drug-likeness (QED) is 0.649. The molecule has 0 radical (unpaired) electrons. The summed E-state index contributed by atoms with van der Waals surface area (Å²) in [5, 5.41) is 0. The molecular formula is C8H16O6S2. The summed E-state index contributed by atoms with van der Waals surface area (Å²) in [5.41, 5.74) is 0. The summed E-state index contributed by atoms with van der Waals surface area (Å²) in [7, 11) is 0. The largest absolute Gasteiger partial charge is 0.304 e. The van der Waals surface area contributed by atoms with Crippen molar-refractivity contribution < 1.29 is 25.2 Å².